The molecule has 1 aromatic heterocycles. The van der Waals surface area contributed by atoms with Crippen molar-refractivity contribution in [3.8, 4) is 0 Å². The summed E-state index contributed by atoms with van der Waals surface area (Å²) in [4.78, 5) is 54.6. The Balaban J connectivity index is 1.71. The number of aromatic nitrogens is 1. The highest BCUT2D eigenvalue weighted by Crippen LogP contribution is 2.33. The molecule has 3 aromatic rings. The summed E-state index contributed by atoms with van der Waals surface area (Å²) in [5.74, 6) is -3.70. The molecule has 168 valence electrons. The number of nitrogens with one attached hydrogen (secondary N) is 2. The van der Waals surface area contributed by atoms with Gasteiger partial charge in [0.25, 0.3) is 17.4 Å². The fourth-order valence-electron chi connectivity index (χ4n) is 3.55. The number of carbonyl (C=O) groups excluding carboxylic acids is 3. The van der Waals surface area contributed by atoms with E-state index < -0.39 is 41.3 Å². The van der Waals surface area contributed by atoms with Gasteiger partial charge in [-0.3, -0.25) is 19.2 Å². The Morgan fingerprint density at radius 3 is 2.21 bits per heavy atom. The average Bonchev–Trinajstić information content (AvgIpc) is 3.01. The molecule has 0 saturated heterocycles. The number of nitrogens with zero attached hydrogens (tertiary/aromatic N) is 1. The van der Waals surface area contributed by atoms with Crippen LogP contribution in [0.2, 0.25) is 10.0 Å². The minimum absolute atomic E-state index is 0.0100. The van der Waals surface area contributed by atoms with Crippen LogP contribution in [-0.4, -0.2) is 22.7 Å². The van der Waals surface area contributed by atoms with E-state index >= 15 is 0 Å². The minimum Gasteiger partial charge on any atom is -0.326 e. The van der Waals surface area contributed by atoms with Gasteiger partial charge in [0.15, 0.2) is 0 Å². The summed E-state index contributed by atoms with van der Waals surface area (Å²) in [6, 6.07) is 6.83. The molecule has 2 heterocycles. The molecule has 0 aliphatic carbocycles. The molecule has 0 spiro atoms. The van der Waals surface area contributed by atoms with Crippen molar-refractivity contribution < 1.29 is 23.2 Å². The van der Waals surface area contributed by atoms with E-state index in [2.05, 4.69) is 10.3 Å². The smallest absolute Gasteiger partial charge is 0.267 e. The Labute approximate surface area is 194 Å². The summed E-state index contributed by atoms with van der Waals surface area (Å²) in [6.45, 7) is 1.44. The van der Waals surface area contributed by atoms with Gasteiger partial charge in [-0.25, -0.2) is 13.7 Å². The fourth-order valence-corrected chi connectivity index (χ4v) is 3.90. The van der Waals surface area contributed by atoms with Crippen LogP contribution in [0.4, 0.5) is 20.2 Å². The molecule has 3 amide bonds. The quantitative estimate of drug-likeness (QED) is 0.532. The number of halogens is 4. The number of pyridine rings is 1. The lowest BCUT2D eigenvalue weighted by molar-refractivity contribution is -0.115. The molecule has 11 heteroatoms. The van der Waals surface area contributed by atoms with Crippen LogP contribution in [0.3, 0.4) is 0 Å². The Bertz CT molecular complexity index is 1420. The summed E-state index contributed by atoms with van der Waals surface area (Å²) in [5, 5.41) is 1.95. The summed E-state index contributed by atoms with van der Waals surface area (Å²) in [7, 11) is 0. The van der Waals surface area contributed by atoms with Crippen LogP contribution in [0.25, 0.3) is 0 Å². The number of aromatic amines is 1. The minimum atomic E-state index is -0.848. The van der Waals surface area contributed by atoms with Crippen molar-refractivity contribution in [2.45, 2.75) is 13.3 Å². The molecule has 0 saturated carbocycles. The highest BCUT2D eigenvalue weighted by molar-refractivity contribution is 6.36. The molecule has 33 heavy (non-hydrogen) atoms. The number of carbonyl (C=O) groups is 3. The molecule has 0 radical (unpaired) electrons. The molecule has 1 aliphatic rings. The van der Waals surface area contributed by atoms with Gasteiger partial charge in [0.2, 0.25) is 5.91 Å². The van der Waals surface area contributed by atoms with Crippen LogP contribution in [0.5, 0.6) is 0 Å². The summed E-state index contributed by atoms with van der Waals surface area (Å²) in [5.41, 5.74) is -0.929. The van der Waals surface area contributed by atoms with Gasteiger partial charge in [0.05, 0.1) is 33.3 Å². The van der Waals surface area contributed by atoms with E-state index in [4.69, 9.17) is 23.2 Å². The zero-order chi connectivity index (χ0) is 24.0. The van der Waals surface area contributed by atoms with E-state index in [0.717, 1.165) is 23.1 Å². The first kappa shape index (κ1) is 22.6. The molecule has 0 fully saturated rings. The number of fused-ring (bicyclic) bond motifs is 1. The van der Waals surface area contributed by atoms with Crippen LogP contribution in [0.1, 0.15) is 32.0 Å². The normalized spacial score (nSPS) is 12.8. The largest absolute Gasteiger partial charge is 0.326 e. The van der Waals surface area contributed by atoms with Gasteiger partial charge in [0.1, 0.15) is 11.6 Å². The molecule has 1 aliphatic heterocycles. The van der Waals surface area contributed by atoms with Crippen molar-refractivity contribution >= 4 is 52.3 Å². The highest BCUT2D eigenvalue weighted by Gasteiger charge is 2.41. The number of H-pyrrole nitrogens is 1. The van der Waals surface area contributed by atoms with Crippen LogP contribution < -0.4 is 15.8 Å². The monoisotopic (exact) mass is 491 g/mol. The number of aryl methyl sites for hydroxylation is 1. The lowest BCUT2D eigenvalue weighted by Gasteiger charge is -2.14. The van der Waals surface area contributed by atoms with E-state index in [1.165, 1.54) is 25.1 Å². The van der Waals surface area contributed by atoms with E-state index in [-0.39, 0.29) is 43.8 Å². The Kier molecular flexibility index (Phi) is 5.77. The standard InChI is InChI=1S/C22H13Cl2F2N3O4/c1-9-18-19(22(33)29(21(18)32)11-3-5-16(26)14(24)7-11)12(20(31)27-9)8-17(30)28-10-2-4-15(25)13(23)6-10/h2-7H,8H2,1H3,(H,27,31)(H,28,30). The van der Waals surface area contributed by atoms with E-state index in [1.54, 1.807) is 0 Å². The Morgan fingerprint density at radius 1 is 0.970 bits per heavy atom. The number of hydrogen-bond donors (Lipinski definition) is 2. The molecule has 2 N–H and O–H groups in total. The van der Waals surface area contributed by atoms with Crippen LogP contribution in [-0.2, 0) is 11.2 Å². The van der Waals surface area contributed by atoms with Crippen LogP contribution >= 0.6 is 23.2 Å². The van der Waals surface area contributed by atoms with Crippen LogP contribution in [0, 0.1) is 18.6 Å². The molecular weight excluding hydrogens is 479 g/mol. The lowest BCUT2D eigenvalue weighted by atomic mass is 10.0. The highest BCUT2D eigenvalue weighted by atomic mass is 35.5. The topological polar surface area (TPSA) is 99.3 Å². The second-order valence-electron chi connectivity index (χ2n) is 7.21. The second-order valence-corrected chi connectivity index (χ2v) is 8.02. The van der Waals surface area contributed by atoms with Gasteiger partial charge in [-0.05, 0) is 43.3 Å². The first-order valence-electron chi connectivity index (χ1n) is 9.43. The zero-order valence-electron chi connectivity index (χ0n) is 16.8. The number of hydrogen-bond acceptors (Lipinski definition) is 4. The van der Waals surface area contributed by atoms with Crippen molar-refractivity contribution in [2.75, 3.05) is 10.2 Å². The predicted molar refractivity (Wildman–Crippen MR) is 118 cm³/mol. The first-order valence-corrected chi connectivity index (χ1v) is 10.2. The third-order valence-electron chi connectivity index (χ3n) is 5.04. The molecular formula is C22H13Cl2F2N3O4. The SMILES string of the molecule is Cc1[nH]c(=O)c(CC(=O)Nc2ccc(F)c(Cl)c2)c2c1C(=O)N(c1ccc(F)c(Cl)c1)C2=O. The molecule has 2 aromatic carbocycles. The van der Waals surface area contributed by atoms with Gasteiger partial charge in [0, 0.05) is 16.9 Å². The second kappa shape index (κ2) is 8.42. The molecule has 0 unspecified atom stereocenters. The number of anilines is 2. The third kappa shape index (κ3) is 4.01. The fraction of sp³-hybridized carbons (Fsp3) is 0.0909. The average molecular weight is 492 g/mol. The van der Waals surface area contributed by atoms with Crippen molar-refractivity contribution in [3.63, 3.8) is 0 Å². The zero-order valence-corrected chi connectivity index (χ0v) is 18.3. The van der Waals surface area contributed by atoms with Gasteiger partial charge in [-0.15, -0.1) is 0 Å². The Hall–Kier alpha value is -3.56. The lowest BCUT2D eigenvalue weighted by Crippen LogP contribution is -2.30. The first-order chi connectivity index (χ1) is 15.6. The van der Waals surface area contributed by atoms with Crippen molar-refractivity contribution in [1.29, 1.82) is 0 Å². The molecule has 4 rings (SSSR count). The maximum absolute atomic E-state index is 13.6. The number of amides is 3. The number of benzene rings is 2. The van der Waals surface area contributed by atoms with Crippen LogP contribution in [0.15, 0.2) is 41.2 Å². The summed E-state index contributed by atoms with van der Waals surface area (Å²) >= 11 is 11.5. The molecule has 7 nitrogen and oxygen atoms in total. The van der Waals surface area contributed by atoms with Crippen molar-refractivity contribution in [1.82, 2.24) is 4.98 Å². The van der Waals surface area contributed by atoms with Gasteiger partial charge in [-0.1, -0.05) is 23.2 Å². The third-order valence-corrected chi connectivity index (χ3v) is 5.62. The van der Waals surface area contributed by atoms with E-state index in [0.29, 0.717) is 0 Å². The summed E-state index contributed by atoms with van der Waals surface area (Å²) < 4.78 is 26.9. The number of rotatable bonds is 4. The van der Waals surface area contributed by atoms with Gasteiger partial charge >= 0.3 is 0 Å². The molecule has 0 bridgehead atoms. The van der Waals surface area contributed by atoms with E-state index in [9.17, 15) is 28.0 Å². The predicted octanol–water partition coefficient (Wildman–Crippen LogP) is 4.25. The summed E-state index contributed by atoms with van der Waals surface area (Å²) in [6.07, 6.45) is -0.552. The maximum atomic E-state index is 13.6. The van der Waals surface area contributed by atoms with E-state index in [1.807, 2.05) is 0 Å². The maximum Gasteiger partial charge on any atom is 0.267 e. The van der Waals surface area contributed by atoms with Gasteiger partial charge in [-0.2, -0.15) is 0 Å². The Morgan fingerprint density at radius 2 is 1.58 bits per heavy atom. The number of imide groups is 1. The van der Waals surface area contributed by atoms with Crippen molar-refractivity contribution in [2.24, 2.45) is 0 Å². The van der Waals surface area contributed by atoms with Crippen molar-refractivity contribution in [3.05, 3.63) is 90.8 Å². The molecule has 0 atom stereocenters. The van der Waals surface area contributed by atoms with Gasteiger partial charge < -0.3 is 10.3 Å².